The molecular formula is C15H23Cl2NO3. The Morgan fingerprint density at radius 2 is 1.81 bits per heavy atom. The van der Waals surface area contributed by atoms with E-state index in [0.717, 1.165) is 25.7 Å². The highest BCUT2D eigenvalue weighted by Gasteiger charge is 2.69. The van der Waals surface area contributed by atoms with Crippen molar-refractivity contribution in [2.24, 2.45) is 5.41 Å². The van der Waals surface area contributed by atoms with E-state index in [-0.39, 0.29) is 18.6 Å². The number of nitrogens with zero attached hydrogens (tertiary/aromatic N) is 1. The average molecular weight is 336 g/mol. The van der Waals surface area contributed by atoms with Crippen LogP contribution < -0.4 is 0 Å². The van der Waals surface area contributed by atoms with Crippen molar-refractivity contribution in [1.29, 1.82) is 0 Å². The van der Waals surface area contributed by atoms with Crippen LogP contribution in [0.1, 0.15) is 52.4 Å². The zero-order chi connectivity index (χ0) is 15.7. The largest absolute Gasteiger partial charge is 0.455 e. The minimum atomic E-state index is -1.05. The van der Waals surface area contributed by atoms with Crippen molar-refractivity contribution in [3.05, 3.63) is 0 Å². The van der Waals surface area contributed by atoms with E-state index in [1.54, 1.807) is 6.92 Å². The van der Waals surface area contributed by atoms with Crippen LogP contribution in [0.15, 0.2) is 0 Å². The van der Waals surface area contributed by atoms with E-state index in [0.29, 0.717) is 13.0 Å². The van der Waals surface area contributed by atoms with Crippen LogP contribution in [0.2, 0.25) is 0 Å². The Morgan fingerprint density at radius 1 is 1.24 bits per heavy atom. The van der Waals surface area contributed by atoms with E-state index in [2.05, 4.69) is 0 Å². The van der Waals surface area contributed by atoms with Crippen LogP contribution >= 0.6 is 23.2 Å². The number of carbonyl (C=O) groups is 2. The van der Waals surface area contributed by atoms with Crippen LogP contribution in [0.5, 0.6) is 0 Å². The van der Waals surface area contributed by atoms with Gasteiger partial charge in [-0.1, -0.05) is 19.3 Å². The summed E-state index contributed by atoms with van der Waals surface area (Å²) in [6.07, 6.45) is 6.01. The van der Waals surface area contributed by atoms with Crippen molar-refractivity contribution in [3.8, 4) is 0 Å². The van der Waals surface area contributed by atoms with Crippen molar-refractivity contribution < 1.29 is 14.3 Å². The molecule has 0 heterocycles. The predicted molar refractivity (Wildman–Crippen MR) is 82.4 cm³/mol. The van der Waals surface area contributed by atoms with Crippen LogP contribution in [0.25, 0.3) is 0 Å². The molecule has 120 valence electrons. The van der Waals surface area contributed by atoms with Gasteiger partial charge in [0.1, 0.15) is 9.75 Å². The molecule has 2 fully saturated rings. The molecule has 2 rings (SSSR count). The second-order valence-electron chi connectivity index (χ2n) is 6.26. The monoisotopic (exact) mass is 335 g/mol. The van der Waals surface area contributed by atoms with Gasteiger partial charge in [-0.15, -0.1) is 23.2 Å². The number of halogens is 2. The topological polar surface area (TPSA) is 46.6 Å². The van der Waals surface area contributed by atoms with Gasteiger partial charge in [-0.3, -0.25) is 9.59 Å². The Morgan fingerprint density at radius 3 is 2.29 bits per heavy atom. The standard InChI is InChI=1S/C15H23Cl2NO3/c1-3-18(11-7-5-4-6-8-11)12(19)9-21-13(20)14(2)10-15(14,16)17/h11H,3-10H2,1-2H3. The average Bonchev–Trinajstić information content (AvgIpc) is 2.98. The maximum atomic E-state index is 12.3. The predicted octanol–water partition coefficient (Wildman–Crippen LogP) is 3.29. The number of hydrogen-bond acceptors (Lipinski definition) is 3. The number of alkyl halides is 2. The molecule has 1 amide bonds. The highest BCUT2D eigenvalue weighted by atomic mass is 35.5. The smallest absolute Gasteiger partial charge is 0.315 e. The summed E-state index contributed by atoms with van der Waals surface area (Å²) in [6.45, 7) is 4.05. The molecule has 1 atom stereocenters. The van der Waals surface area contributed by atoms with E-state index >= 15 is 0 Å². The van der Waals surface area contributed by atoms with Gasteiger partial charge in [0, 0.05) is 19.0 Å². The molecule has 6 heteroatoms. The van der Waals surface area contributed by atoms with Crippen molar-refractivity contribution in [1.82, 2.24) is 4.90 Å². The normalized spacial score (nSPS) is 28.0. The van der Waals surface area contributed by atoms with Gasteiger partial charge in [-0.2, -0.15) is 0 Å². The number of likely N-dealkylation sites (N-methyl/N-ethyl adjacent to an activating group) is 1. The Hall–Kier alpha value is -0.480. The third-order valence-corrected chi connectivity index (χ3v) is 5.81. The summed E-state index contributed by atoms with van der Waals surface area (Å²) in [5, 5.41) is 0. The van der Waals surface area contributed by atoms with Crippen molar-refractivity contribution >= 4 is 35.1 Å². The molecule has 21 heavy (non-hydrogen) atoms. The molecule has 0 spiro atoms. The summed E-state index contributed by atoms with van der Waals surface area (Å²) >= 11 is 11.9. The molecule has 0 aromatic heterocycles. The van der Waals surface area contributed by atoms with Gasteiger partial charge < -0.3 is 9.64 Å². The van der Waals surface area contributed by atoms with Gasteiger partial charge in [0.05, 0.1) is 0 Å². The molecule has 2 saturated carbocycles. The van der Waals surface area contributed by atoms with Crippen molar-refractivity contribution in [2.45, 2.75) is 62.7 Å². The maximum absolute atomic E-state index is 12.3. The van der Waals surface area contributed by atoms with Gasteiger partial charge >= 0.3 is 5.97 Å². The number of hydrogen-bond donors (Lipinski definition) is 0. The fourth-order valence-electron chi connectivity index (χ4n) is 3.02. The van der Waals surface area contributed by atoms with E-state index in [9.17, 15) is 9.59 Å². The van der Waals surface area contributed by atoms with Crippen LogP contribution in [0.4, 0.5) is 0 Å². The Kier molecular flexibility index (Phi) is 5.09. The second kappa shape index (κ2) is 6.33. The zero-order valence-corrected chi connectivity index (χ0v) is 14.2. The van der Waals surface area contributed by atoms with E-state index in [1.165, 1.54) is 6.42 Å². The summed E-state index contributed by atoms with van der Waals surface area (Å²) in [6, 6.07) is 0.284. The number of ether oxygens (including phenoxy) is 1. The molecule has 0 saturated heterocycles. The molecular weight excluding hydrogens is 313 g/mol. The van der Waals surface area contributed by atoms with E-state index < -0.39 is 15.7 Å². The first-order valence-corrected chi connectivity index (χ1v) is 8.42. The summed E-state index contributed by atoms with van der Waals surface area (Å²) < 4.78 is 4.09. The number of amides is 1. The van der Waals surface area contributed by atoms with Gasteiger partial charge in [-0.05, 0) is 26.7 Å². The lowest BCUT2D eigenvalue weighted by Gasteiger charge is -2.33. The quantitative estimate of drug-likeness (QED) is 0.572. The maximum Gasteiger partial charge on any atom is 0.315 e. The minimum absolute atomic E-state index is 0.128. The minimum Gasteiger partial charge on any atom is -0.455 e. The molecule has 0 N–H and O–H groups in total. The molecule has 4 nitrogen and oxygen atoms in total. The first kappa shape index (κ1) is 16.9. The van der Waals surface area contributed by atoms with Gasteiger partial charge in [0.2, 0.25) is 0 Å². The Labute approximate surface area is 136 Å². The third kappa shape index (κ3) is 3.48. The van der Waals surface area contributed by atoms with Crippen LogP contribution in [-0.2, 0) is 14.3 Å². The molecule has 2 aliphatic rings. The summed E-state index contributed by atoms with van der Waals surface area (Å²) in [5.41, 5.74) is -0.877. The van der Waals surface area contributed by atoms with Crippen molar-refractivity contribution in [3.63, 3.8) is 0 Å². The molecule has 0 bridgehead atoms. The molecule has 0 aromatic carbocycles. The van der Waals surface area contributed by atoms with Crippen molar-refractivity contribution in [2.75, 3.05) is 13.2 Å². The van der Waals surface area contributed by atoms with Gasteiger partial charge in [0.25, 0.3) is 5.91 Å². The number of esters is 1. The van der Waals surface area contributed by atoms with Gasteiger partial charge in [0.15, 0.2) is 6.61 Å². The molecule has 0 radical (unpaired) electrons. The van der Waals surface area contributed by atoms with Crippen LogP contribution in [-0.4, -0.2) is 40.3 Å². The van der Waals surface area contributed by atoms with Crippen LogP contribution in [0.3, 0.4) is 0 Å². The molecule has 2 aliphatic carbocycles. The molecule has 1 unspecified atom stereocenters. The third-order valence-electron chi connectivity index (χ3n) is 4.71. The lowest BCUT2D eigenvalue weighted by atomic mass is 9.94. The van der Waals surface area contributed by atoms with Crippen LogP contribution in [0, 0.1) is 5.41 Å². The molecule has 0 aliphatic heterocycles. The highest BCUT2D eigenvalue weighted by molar-refractivity contribution is 6.53. The Balaban J connectivity index is 1.84. The highest BCUT2D eigenvalue weighted by Crippen LogP contribution is 2.64. The van der Waals surface area contributed by atoms with E-state index in [1.807, 2.05) is 11.8 Å². The fraction of sp³-hybridized carbons (Fsp3) is 0.867. The SMILES string of the molecule is CCN(C(=O)COC(=O)C1(C)CC1(Cl)Cl)C1CCCCC1. The summed E-state index contributed by atoms with van der Waals surface area (Å²) in [7, 11) is 0. The first-order valence-electron chi connectivity index (χ1n) is 7.66. The number of carbonyl (C=O) groups excluding carboxylic acids is 2. The zero-order valence-electron chi connectivity index (χ0n) is 12.7. The Bertz CT molecular complexity index is 421. The second-order valence-corrected chi connectivity index (χ2v) is 7.74. The lowest BCUT2D eigenvalue weighted by molar-refractivity contribution is -0.157. The first-order chi connectivity index (χ1) is 9.82. The summed E-state index contributed by atoms with van der Waals surface area (Å²) in [4.78, 5) is 26.1. The fourth-order valence-corrected chi connectivity index (χ4v) is 3.71. The summed E-state index contributed by atoms with van der Waals surface area (Å²) in [5.74, 6) is -0.614. The lowest BCUT2D eigenvalue weighted by Crippen LogP contribution is -2.43. The number of rotatable bonds is 5. The van der Waals surface area contributed by atoms with Gasteiger partial charge in [-0.25, -0.2) is 0 Å². The molecule has 0 aromatic rings. The van der Waals surface area contributed by atoms with E-state index in [4.69, 9.17) is 27.9 Å².